The molecule has 0 amide bonds. The fraction of sp³-hybridized carbons (Fsp3) is 0.875. The van der Waals surface area contributed by atoms with Crippen molar-refractivity contribution < 1.29 is 13.2 Å². The van der Waals surface area contributed by atoms with Crippen LogP contribution in [0, 0.1) is 11.3 Å². The molecule has 88 valence electrons. The van der Waals surface area contributed by atoms with E-state index >= 15 is 0 Å². The summed E-state index contributed by atoms with van der Waals surface area (Å²) in [5, 5.41) is 6.95. The molecule has 0 bridgehead atoms. The van der Waals surface area contributed by atoms with Gasteiger partial charge in [0.05, 0.1) is 0 Å². The highest BCUT2D eigenvalue weighted by Gasteiger charge is 2.42. The summed E-state index contributed by atoms with van der Waals surface area (Å²) in [6.07, 6.45) is -4.41. The molecule has 7 heteroatoms. The molecule has 3 nitrogen and oxygen atoms in total. The predicted molar refractivity (Wildman–Crippen MR) is 55.2 cm³/mol. The van der Waals surface area contributed by atoms with Crippen LogP contribution in [0.3, 0.4) is 0 Å². The lowest BCUT2D eigenvalue weighted by Crippen LogP contribution is -2.46. The van der Waals surface area contributed by atoms with Crippen molar-refractivity contribution in [3.63, 3.8) is 0 Å². The van der Waals surface area contributed by atoms with E-state index in [9.17, 15) is 13.2 Å². The maximum Gasteiger partial charge on any atom is 0.399 e. The quantitative estimate of drug-likeness (QED) is 0.575. The van der Waals surface area contributed by atoms with Gasteiger partial charge >= 0.3 is 6.18 Å². The molecule has 0 aromatic carbocycles. The summed E-state index contributed by atoms with van der Waals surface area (Å²) in [7, 11) is 0. The highest BCUT2D eigenvalue weighted by molar-refractivity contribution is 7.99. The summed E-state index contributed by atoms with van der Waals surface area (Å²) in [6, 6.07) is 0. The largest absolute Gasteiger partial charge is 0.399 e. The fourth-order valence-electron chi connectivity index (χ4n) is 1.42. The van der Waals surface area contributed by atoms with Gasteiger partial charge < -0.3 is 10.6 Å². The molecule has 1 unspecified atom stereocenters. The molecule has 1 rings (SSSR count). The van der Waals surface area contributed by atoms with E-state index in [2.05, 4.69) is 0 Å². The number of nitrogens with one attached hydrogen (secondary N) is 1. The average molecular weight is 241 g/mol. The fourth-order valence-corrected chi connectivity index (χ4v) is 2.40. The first kappa shape index (κ1) is 12.6. The number of thioether (sulfide) groups is 1. The van der Waals surface area contributed by atoms with E-state index in [0.29, 0.717) is 13.1 Å². The third-order valence-electron chi connectivity index (χ3n) is 2.32. The molecule has 0 saturated carbocycles. The van der Waals surface area contributed by atoms with Crippen LogP contribution in [0.5, 0.6) is 0 Å². The van der Waals surface area contributed by atoms with Gasteiger partial charge in [-0.15, -0.1) is 0 Å². The number of hydrogen-bond donors (Lipinski definition) is 2. The van der Waals surface area contributed by atoms with Crippen molar-refractivity contribution in [3.05, 3.63) is 0 Å². The smallest absolute Gasteiger partial charge is 0.387 e. The van der Waals surface area contributed by atoms with Gasteiger partial charge in [0.2, 0.25) is 0 Å². The number of hydrogen-bond acceptors (Lipinski definition) is 3. The highest BCUT2D eigenvalue weighted by atomic mass is 32.2. The molecule has 0 aromatic rings. The molecular weight excluding hydrogens is 227 g/mol. The highest BCUT2D eigenvalue weighted by Crippen LogP contribution is 2.27. The lowest BCUT2D eigenvalue weighted by molar-refractivity contribution is -0.159. The second-order valence-electron chi connectivity index (χ2n) is 3.46. The summed E-state index contributed by atoms with van der Waals surface area (Å²) in [6.45, 7) is 1.11. The Kier molecular flexibility index (Phi) is 4.27. The average Bonchev–Trinajstić information content (AvgIpc) is 2.13. The van der Waals surface area contributed by atoms with Crippen LogP contribution >= 0.6 is 11.8 Å². The van der Waals surface area contributed by atoms with Crippen LogP contribution < -0.4 is 5.73 Å². The molecule has 0 radical (unpaired) electrons. The van der Waals surface area contributed by atoms with E-state index in [0.717, 1.165) is 11.5 Å². The molecular formula is C8H14F3N3S. The molecule has 0 spiro atoms. The zero-order chi connectivity index (χ0) is 11.5. The minimum absolute atomic E-state index is 0.181. The molecule has 1 saturated heterocycles. The van der Waals surface area contributed by atoms with Gasteiger partial charge in [0, 0.05) is 31.1 Å². The maximum atomic E-state index is 12.5. The summed E-state index contributed by atoms with van der Waals surface area (Å²) >= 11 is 1.73. The Morgan fingerprint density at radius 2 is 1.93 bits per heavy atom. The zero-order valence-electron chi connectivity index (χ0n) is 8.18. The first-order valence-corrected chi connectivity index (χ1v) is 5.77. The van der Waals surface area contributed by atoms with E-state index in [1.165, 1.54) is 0 Å². The topological polar surface area (TPSA) is 53.1 Å². The summed E-state index contributed by atoms with van der Waals surface area (Å²) in [5.41, 5.74) is 4.97. The number of rotatable bonds is 3. The van der Waals surface area contributed by atoms with Gasteiger partial charge in [-0.25, -0.2) is 0 Å². The van der Waals surface area contributed by atoms with Crippen LogP contribution in [0.25, 0.3) is 0 Å². The van der Waals surface area contributed by atoms with Crippen LogP contribution in [-0.4, -0.2) is 48.1 Å². The van der Waals surface area contributed by atoms with Gasteiger partial charge in [0.25, 0.3) is 0 Å². The maximum absolute atomic E-state index is 12.5. The van der Waals surface area contributed by atoms with E-state index in [-0.39, 0.29) is 6.54 Å². The number of nitrogens with zero attached hydrogens (tertiary/aromatic N) is 1. The van der Waals surface area contributed by atoms with Gasteiger partial charge in [-0.05, 0) is 0 Å². The number of nitrogens with two attached hydrogens (primary N) is 1. The summed E-state index contributed by atoms with van der Waals surface area (Å²) < 4.78 is 37.4. The Balaban J connectivity index is 2.54. The van der Waals surface area contributed by atoms with Gasteiger partial charge in [-0.3, -0.25) is 5.41 Å². The van der Waals surface area contributed by atoms with Crippen molar-refractivity contribution in [2.24, 2.45) is 11.7 Å². The Bertz CT molecular complexity index is 226. The van der Waals surface area contributed by atoms with Crippen molar-refractivity contribution in [1.82, 2.24) is 4.90 Å². The van der Waals surface area contributed by atoms with Crippen molar-refractivity contribution in [2.45, 2.75) is 6.18 Å². The SMILES string of the molecule is N=C(N)C(CN1CCSCC1)C(F)(F)F. The molecule has 1 atom stereocenters. The summed E-state index contributed by atoms with van der Waals surface area (Å²) in [4.78, 5) is 1.72. The third-order valence-corrected chi connectivity index (χ3v) is 3.26. The van der Waals surface area contributed by atoms with Crippen LogP contribution in [0.15, 0.2) is 0 Å². The van der Waals surface area contributed by atoms with Crippen LogP contribution in [0.4, 0.5) is 13.2 Å². The molecule has 1 aliphatic rings. The molecule has 0 aromatic heterocycles. The molecule has 1 fully saturated rings. The lowest BCUT2D eigenvalue weighted by Gasteiger charge is -2.30. The first-order valence-electron chi connectivity index (χ1n) is 4.62. The molecule has 3 N–H and O–H groups in total. The standard InChI is InChI=1S/C8H14F3N3S/c9-8(10,11)6(7(12)13)5-14-1-3-15-4-2-14/h6H,1-5H2,(H3,12,13). The van der Waals surface area contributed by atoms with E-state index in [4.69, 9.17) is 11.1 Å². The normalized spacial score (nSPS) is 21.3. The Morgan fingerprint density at radius 1 is 1.40 bits per heavy atom. The predicted octanol–water partition coefficient (Wildman–Crippen LogP) is 1.15. The van der Waals surface area contributed by atoms with Crippen molar-refractivity contribution in [2.75, 3.05) is 31.1 Å². The minimum atomic E-state index is -4.41. The Hall–Kier alpha value is -0.430. The monoisotopic (exact) mass is 241 g/mol. The second-order valence-corrected chi connectivity index (χ2v) is 4.69. The Labute approximate surface area is 90.7 Å². The van der Waals surface area contributed by atoms with Crippen molar-refractivity contribution >= 4 is 17.6 Å². The molecule has 15 heavy (non-hydrogen) atoms. The number of halogens is 3. The molecule has 0 aliphatic carbocycles. The third kappa shape index (κ3) is 3.90. The lowest BCUT2D eigenvalue weighted by atomic mass is 10.1. The summed E-state index contributed by atoms with van der Waals surface area (Å²) in [5.74, 6) is -0.911. The van der Waals surface area contributed by atoms with Gasteiger partial charge in [0.15, 0.2) is 0 Å². The number of alkyl halides is 3. The Morgan fingerprint density at radius 3 is 2.33 bits per heavy atom. The number of amidine groups is 1. The van der Waals surface area contributed by atoms with Crippen LogP contribution in [0.1, 0.15) is 0 Å². The minimum Gasteiger partial charge on any atom is -0.387 e. The van der Waals surface area contributed by atoms with Gasteiger partial charge in [-0.1, -0.05) is 0 Å². The van der Waals surface area contributed by atoms with E-state index in [1.54, 1.807) is 16.7 Å². The van der Waals surface area contributed by atoms with Crippen LogP contribution in [-0.2, 0) is 0 Å². The second kappa shape index (κ2) is 5.07. The molecule has 1 aliphatic heterocycles. The van der Waals surface area contributed by atoms with Crippen LogP contribution in [0.2, 0.25) is 0 Å². The molecule has 1 heterocycles. The van der Waals surface area contributed by atoms with Crippen molar-refractivity contribution in [3.8, 4) is 0 Å². The van der Waals surface area contributed by atoms with Crippen molar-refractivity contribution in [1.29, 1.82) is 5.41 Å². The van der Waals surface area contributed by atoms with Gasteiger partial charge in [-0.2, -0.15) is 24.9 Å². The zero-order valence-corrected chi connectivity index (χ0v) is 9.00. The van der Waals surface area contributed by atoms with Gasteiger partial charge in [0.1, 0.15) is 11.8 Å². The van der Waals surface area contributed by atoms with E-state index < -0.39 is 17.9 Å². The van der Waals surface area contributed by atoms with E-state index in [1.807, 2.05) is 0 Å². The first-order chi connectivity index (χ1) is 6.91.